The van der Waals surface area contributed by atoms with E-state index in [0.717, 1.165) is 25.0 Å². The number of likely N-dealkylation sites (tertiary alicyclic amines) is 1. The highest BCUT2D eigenvalue weighted by Gasteiger charge is 2.21. The Balaban J connectivity index is 2.34. The predicted molar refractivity (Wildman–Crippen MR) is 48.5 cm³/mol. The maximum absolute atomic E-state index is 5.53. The lowest BCUT2D eigenvalue weighted by Gasteiger charge is -2.36. The molecule has 2 heteroatoms. The van der Waals surface area contributed by atoms with Gasteiger partial charge in [0.25, 0.3) is 0 Å². The van der Waals surface area contributed by atoms with Gasteiger partial charge in [-0.1, -0.05) is 6.92 Å². The first-order valence-corrected chi connectivity index (χ1v) is 4.68. The summed E-state index contributed by atoms with van der Waals surface area (Å²) in [6.45, 7) is 7.76. The predicted octanol–water partition coefficient (Wildman–Crippen LogP) is 1.07. The van der Waals surface area contributed by atoms with Crippen LogP contribution in [0, 0.1) is 5.92 Å². The van der Waals surface area contributed by atoms with Crippen LogP contribution in [0.2, 0.25) is 0 Å². The van der Waals surface area contributed by atoms with Crippen molar-refractivity contribution in [1.29, 1.82) is 0 Å². The van der Waals surface area contributed by atoms with Crippen molar-refractivity contribution in [2.75, 3.05) is 19.6 Å². The van der Waals surface area contributed by atoms with Crippen LogP contribution in [0.25, 0.3) is 0 Å². The summed E-state index contributed by atoms with van der Waals surface area (Å²) in [5.41, 5.74) is 5.53. The van der Waals surface area contributed by atoms with Crippen LogP contribution in [-0.4, -0.2) is 30.6 Å². The number of hydrogen-bond acceptors (Lipinski definition) is 2. The van der Waals surface area contributed by atoms with Crippen LogP contribution >= 0.6 is 0 Å². The minimum Gasteiger partial charge on any atom is -0.329 e. The Labute approximate surface area is 69.8 Å². The summed E-state index contributed by atoms with van der Waals surface area (Å²) in [6, 6.07) is 0.759. The third-order valence-electron chi connectivity index (χ3n) is 2.66. The van der Waals surface area contributed by atoms with Gasteiger partial charge in [0.15, 0.2) is 0 Å². The highest BCUT2D eigenvalue weighted by Crippen LogP contribution is 2.20. The van der Waals surface area contributed by atoms with Gasteiger partial charge in [0.2, 0.25) is 0 Å². The molecule has 2 unspecified atom stereocenters. The van der Waals surface area contributed by atoms with Crippen LogP contribution < -0.4 is 5.73 Å². The highest BCUT2D eigenvalue weighted by molar-refractivity contribution is 4.76. The van der Waals surface area contributed by atoms with Gasteiger partial charge in [-0.15, -0.1) is 0 Å². The van der Waals surface area contributed by atoms with Crippen molar-refractivity contribution in [1.82, 2.24) is 4.90 Å². The van der Waals surface area contributed by atoms with E-state index in [4.69, 9.17) is 5.73 Å². The molecule has 0 aromatic rings. The molecule has 0 aliphatic carbocycles. The zero-order chi connectivity index (χ0) is 8.27. The van der Waals surface area contributed by atoms with E-state index in [0.29, 0.717) is 0 Å². The second-order valence-electron chi connectivity index (χ2n) is 3.82. The molecule has 0 radical (unpaired) electrons. The smallest absolute Gasteiger partial charge is 0.0108 e. The van der Waals surface area contributed by atoms with Crippen LogP contribution in [0.1, 0.15) is 26.7 Å². The summed E-state index contributed by atoms with van der Waals surface area (Å²) in [7, 11) is 0. The Bertz CT molecular complexity index is 114. The largest absolute Gasteiger partial charge is 0.329 e. The average Bonchev–Trinajstić information content (AvgIpc) is 1.98. The van der Waals surface area contributed by atoms with Crippen molar-refractivity contribution >= 4 is 0 Å². The fourth-order valence-corrected chi connectivity index (χ4v) is 1.86. The van der Waals surface area contributed by atoms with Crippen molar-refractivity contribution in [3.63, 3.8) is 0 Å². The number of nitrogens with two attached hydrogens (primary N) is 1. The van der Waals surface area contributed by atoms with Crippen molar-refractivity contribution in [2.45, 2.75) is 32.7 Å². The van der Waals surface area contributed by atoms with Gasteiger partial charge in [0.1, 0.15) is 0 Å². The van der Waals surface area contributed by atoms with Crippen LogP contribution in [0.4, 0.5) is 0 Å². The monoisotopic (exact) mass is 156 g/mol. The quantitative estimate of drug-likeness (QED) is 0.648. The lowest BCUT2D eigenvalue weighted by atomic mass is 9.95. The summed E-state index contributed by atoms with van der Waals surface area (Å²) < 4.78 is 0. The first kappa shape index (κ1) is 9.01. The van der Waals surface area contributed by atoms with E-state index in [9.17, 15) is 0 Å². The van der Waals surface area contributed by atoms with Crippen LogP contribution in [0.3, 0.4) is 0 Å². The van der Waals surface area contributed by atoms with E-state index in [1.165, 1.54) is 19.4 Å². The average molecular weight is 156 g/mol. The topological polar surface area (TPSA) is 29.3 Å². The lowest BCUT2D eigenvalue weighted by molar-refractivity contribution is 0.129. The summed E-state index contributed by atoms with van der Waals surface area (Å²) >= 11 is 0. The Morgan fingerprint density at radius 1 is 1.36 bits per heavy atom. The van der Waals surface area contributed by atoms with Gasteiger partial charge >= 0.3 is 0 Å². The maximum Gasteiger partial charge on any atom is 0.0108 e. The molecule has 0 amide bonds. The van der Waals surface area contributed by atoms with Crippen molar-refractivity contribution in [3.8, 4) is 0 Å². The molecule has 0 aromatic heterocycles. The highest BCUT2D eigenvalue weighted by atomic mass is 15.2. The standard InChI is InChI=1S/C9H20N2/c1-8-3-4-9(2)11(7-8)6-5-10/h8-9H,3-7,10H2,1-2H3. The summed E-state index contributed by atoms with van der Waals surface area (Å²) in [5.74, 6) is 0.873. The van der Waals surface area contributed by atoms with Crippen molar-refractivity contribution < 1.29 is 0 Å². The van der Waals surface area contributed by atoms with E-state index >= 15 is 0 Å². The van der Waals surface area contributed by atoms with Gasteiger partial charge in [-0.25, -0.2) is 0 Å². The zero-order valence-corrected chi connectivity index (χ0v) is 7.71. The van der Waals surface area contributed by atoms with Crippen LogP contribution in [0.5, 0.6) is 0 Å². The molecular weight excluding hydrogens is 136 g/mol. The summed E-state index contributed by atoms with van der Waals surface area (Å²) in [6.07, 6.45) is 2.74. The van der Waals surface area contributed by atoms with E-state index in [1.54, 1.807) is 0 Å². The SMILES string of the molecule is CC1CCC(C)N(CCN)C1. The minimum absolute atomic E-state index is 0.759. The molecule has 1 fully saturated rings. The summed E-state index contributed by atoms with van der Waals surface area (Å²) in [4.78, 5) is 2.51. The van der Waals surface area contributed by atoms with Gasteiger partial charge in [0.05, 0.1) is 0 Å². The molecule has 1 heterocycles. The van der Waals surface area contributed by atoms with E-state index < -0.39 is 0 Å². The van der Waals surface area contributed by atoms with Crippen LogP contribution in [0.15, 0.2) is 0 Å². The molecule has 0 saturated carbocycles. The number of hydrogen-bond donors (Lipinski definition) is 1. The lowest BCUT2D eigenvalue weighted by Crippen LogP contribution is -2.43. The normalized spacial score (nSPS) is 34.1. The van der Waals surface area contributed by atoms with E-state index in [2.05, 4.69) is 18.7 Å². The molecule has 2 N–H and O–H groups in total. The molecule has 2 atom stereocenters. The molecule has 1 rings (SSSR count). The van der Waals surface area contributed by atoms with Gasteiger partial charge in [-0.2, -0.15) is 0 Å². The molecule has 1 saturated heterocycles. The molecule has 1 aliphatic rings. The minimum atomic E-state index is 0.759. The Morgan fingerprint density at radius 2 is 2.09 bits per heavy atom. The third kappa shape index (κ3) is 2.46. The van der Waals surface area contributed by atoms with Gasteiger partial charge in [0, 0.05) is 25.7 Å². The first-order chi connectivity index (χ1) is 5.24. The first-order valence-electron chi connectivity index (χ1n) is 4.68. The van der Waals surface area contributed by atoms with E-state index in [1.807, 2.05) is 0 Å². The molecule has 1 aliphatic heterocycles. The maximum atomic E-state index is 5.53. The molecule has 0 aromatic carbocycles. The molecular formula is C9H20N2. The molecule has 2 nitrogen and oxygen atoms in total. The number of nitrogens with zero attached hydrogens (tertiary/aromatic N) is 1. The Kier molecular flexibility index (Phi) is 3.34. The van der Waals surface area contributed by atoms with Gasteiger partial charge in [-0.05, 0) is 25.7 Å². The zero-order valence-electron chi connectivity index (χ0n) is 7.71. The second kappa shape index (κ2) is 4.07. The van der Waals surface area contributed by atoms with Gasteiger partial charge in [-0.3, -0.25) is 4.90 Å². The fraction of sp³-hybridized carbons (Fsp3) is 1.00. The van der Waals surface area contributed by atoms with Gasteiger partial charge < -0.3 is 5.73 Å². The Morgan fingerprint density at radius 3 is 2.73 bits per heavy atom. The Hall–Kier alpha value is -0.0800. The fourth-order valence-electron chi connectivity index (χ4n) is 1.86. The number of piperidine rings is 1. The number of rotatable bonds is 2. The van der Waals surface area contributed by atoms with Crippen molar-refractivity contribution in [2.24, 2.45) is 11.7 Å². The summed E-state index contributed by atoms with van der Waals surface area (Å²) in [5, 5.41) is 0. The van der Waals surface area contributed by atoms with Crippen LogP contribution in [-0.2, 0) is 0 Å². The van der Waals surface area contributed by atoms with E-state index in [-0.39, 0.29) is 0 Å². The molecule has 66 valence electrons. The molecule has 0 bridgehead atoms. The van der Waals surface area contributed by atoms with Crippen molar-refractivity contribution in [3.05, 3.63) is 0 Å². The molecule has 11 heavy (non-hydrogen) atoms. The second-order valence-corrected chi connectivity index (χ2v) is 3.82. The third-order valence-corrected chi connectivity index (χ3v) is 2.66. The molecule has 0 spiro atoms.